The van der Waals surface area contributed by atoms with Crippen LogP contribution in [-0.4, -0.2) is 74.4 Å². The topological polar surface area (TPSA) is 159 Å². The fraction of sp³-hybridized carbons (Fsp3) is 0.500. The molecule has 0 saturated carbocycles. The summed E-state index contributed by atoms with van der Waals surface area (Å²) in [5, 5.41) is 5.56. The van der Waals surface area contributed by atoms with Crippen LogP contribution < -0.4 is 31.5 Å². The molecule has 248 valence electrons. The lowest BCUT2D eigenvalue weighted by molar-refractivity contribution is -0.123. The van der Waals surface area contributed by atoms with Crippen LogP contribution in [0.4, 0.5) is 10.7 Å². The number of imidazole rings is 1. The van der Waals surface area contributed by atoms with Gasteiger partial charge in [0.2, 0.25) is 5.95 Å². The lowest BCUT2D eigenvalue weighted by atomic mass is 10.1. The first kappa shape index (κ1) is 34.0. The highest BCUT2D eigenvalue weighted by molar-refractivity contribution is 5.98. The van der Waals surface area contributed by atoms with Gasteiger partial charge in [0, 0.05) is 39.3 Å². The van der Waals surface area contributed by atoms with Crippen LogP contribution in [0.3, 0.4) is 0 Å². The minimum atomic E-state index is -0.697. The first-order valence-electron chi connectivity index (χ1n) is 15.4. The maximum atomic E-state index is 14.0. The van der Waals surface area contributed by atoms with Gasteiger partial charge in [-0.15, -0.1) is 0 Å². The first-order valence-corrected chi connectivity index (χ1v) is 15.4. The number of benzene rings is 1. The van der Waals surface area contributed by atoms with Crippen LogP contribution in [0.5, 0.6) is 5.75 Å². The van der Waals surface area contributed by atoms with Gasteiger partial charge < -0.3 is 29.6 Å². The van der Waals surface area contributed by atoms with E-state index in [1.807, 2.05) is 24.0 Å². The molecule has 1 saturated heterocycles. The molecule has 4 rings (SSSR count). The monoisotopic (exact) mass is 637 g/mol. The molecule has 0 spiro atoms. The molecular weight excluding hydrogens is 594 g/mol. The largest absolute Gasteiger partial charge is 0.483 e. The molecule has 14 nitrogen and oxygen atoms in total. The number of allylic oxidation sites excluding steroid dienone is 2. The summed E-state index contributed by atoms with van der Waals surface area (Å²) in [7, 11) is 1.51. The molecule has 3 heterocycles. The van der Waals surface area contributed by atoms with Gasteiger partial charge in [0.05, 0.1) is 12.1 Å². The number of piperidine rings is 1. The molecule has 2 aromatic heterocycles. The second kappa shape index (κ2) is 14.5. The van der Waals surface area contributed by atoms with Crippen LogP contribution >= 0.6 is 0 Å². The zero-order valence-electron chi connectivity index (χ0n) is 27.3. The van der Waals surface area contributed by atoms with Crippen molar-refractivity contribution in [2.24, 2.45) is 7.05 Å². The minimum absolute atomic E-state index is 0.140. The zero-order valence-corrected chi connectivity index (χ0v) is 27.3. The molecule has 1 atom stereocenters. The highest BCUT2D eigenvalue weighted by Crippen LogP contribution is 2.24. The molecule has 1 fully saturated rings. The van der Waals surface area contributed by atoms with Crippen LogP contribution in [0.15, 0.2) is 46.0 Å². The molecule has 1 aliphatic heterocycles. The number of anilines is 1. The molecule has 14 heteroatoms. The van der Waals surface area contributed by atoms with E-state index in [2.05, 4.69) is 10.6 Å². The van der Waals surface area contributed by atoms with E-state index in [1.165, 1.54) is 17.7 Å². The number of alkyl carbamates (subject to hydrolysis) is 1. The van der Waals surface area contributed by atoms with Crippen molar-refractivity contribution in [1.82, 2.24) is 29.3 Å². The normalized spacial score (nSPS) is 15.3. The number of aryl methyl sites for hydroxylation is 1. The second-order valence-corrected chi connectivity index (χ2v) is 12.1. The first-order chi connectivity index (χ1) is 21.8. The van der Waals surface area contributed by atoms with Gasteiger partial charge in [0.1, 0.15) is 11.4 Å². The number of ether oxygens (including phenoxy) is 2. The number of hydrogen-bond donors (Lipinski definition) is 2. The number of nitrogens with one attached hydrogen (secondary N) is 2. The third kappa shape index (κ3) is 7.85. The number of rotatable bonds is 11. The quantitative estimate of drug-likeness (QED) is 0.238. The van der Waals surface area contributed by atoms with Gasteiger partial charge in [-0.25, -0.2) is 9.59 Å². The number of likely N-dealkylation sites (N-methyl/N-ethyl adjacent to an activating group) is 1. The van der Waals surface area contributed by atoms with E-state index < -0.39 is 35.3 Å². The van der Waals surface area contributed by atoms with Gasteiger partial charge in [-0.2, -0.15) is 4.98 Å². The smallest absolute Gasteiger partial charge is 0.407 e. The van der Waals surface area contributed by atoms with Crippen LogP contribution in [0.25, 0.3) is 11.2 Å². The van der Waals surface area contributed by atoms with Gasteiger partial charge in [0.15, 0.2) is 23.6 Å². The predicted molar refractivity (Wildman–Crippen MR) is 174 cm³/mol. The maximum absolute atomic E-state index is 14.0. The average molecular weight is 638 g/mol. The Balaban J connectivity index is 1.69. The highest BCUT2D eigenvalue weighted by atomic mass is 16.6. The number of nitrogens with zero attached hydrogens (tertiary/aromatic N) is 5. The molecule has 0 bridgehead atoms. The summed E-state index contributed by atoms with van der Waals surface area (Å²) in [5.74, 6) is -0.225. The van der Waals surface area contributed by atoms with Gasteiger partial charge in [-0.1, -0.05) is 24.3 Å². The van der Waals surface area contributed by atoms with Gasteiger partial charge >= 0.3 is 11.8 Å². The fourth-order valence-electron chi connectivity index (χ4n) is 5.32. The number of carbonyl (C=O) groups excluding carboxylic acids is 3. The maximum Gasteiger partial charge on any atom is 0.407 e. The molecule has 1 aromatic carbocycles. The van der Waals surface area contributed by atoms with Crippen molar-refractivity contribution in [3.05, 3.63) is 62.8 Å². The Labute approximate surface area is 267 Å². The number of hydrogen-bond acceptors (Lipinski definition) is 9. The van der Waals surface area contributed by atoms with Crippen molar-refractivity contribution >= 4 is 34.9 Å². The lowest BCUT2D eigenvalue weighted by Crippen LogP contribution is -2.49. The molecule has 3 aromatic rings. The summed E-state index contributed by atoms with van der Waals surface area (Å²) in [5.41, 5.74) is -1.49. The predicted octanol–water partition coefficient (Wildman–Crippen LogP) is 2.36. The second-order valence-electron chi connectivity index (χ2n) is 12.1. The molecule has 0 aliphatic carbocycles. The van der Waals surface area contributed by atoms with Crippen molar-refractivity contribution in [1.29, 1.82) is 0 Å². The molecule has 46 heavy (non-hydrogen) atoms. The fourth-order valence-corrected chi connectivity index (χ4v) is 5.32. The van der Waals surface area contributed by atoms with Crippen molar-refractivity contribution in [3.8, 4) is 5.75 Å². The average Bonchev–Trinajstić information content (AvgIpc) is 3.39. The Morgan fingerprint density at radius 3 is 2.57 bits per heavy atom. The van der Waals surface area contributed by atoms with E-state index in [-0.39, 0.29) is 41.0 Å². The zero-order chi connectivity index (χ0) is 33.6. The lowest BCUT2D eigenvalue weighted by Gasteiger charge is -2.34. The minimum Gasteiger partial charge on any atom is -0.483 e. The Morgan fingerprint density at radius 1 is 1.13 bits per heavy atom. The van der Waals surface area contributed by atoms with Crippen LogP contribution in [0.1, 0.15) is 57.8 Å². The number of fused-ring (bicyclic) bond motifs is 1. The Kier molecular flexibility index (Phi) is 10.7. The molecule has 0 unspecified atom stereocenters. The number of para-hydroxylation sites is 1. The van der Waals surface area contributed by atoms with Gasteiger partial charge in [0.25, 0.3) is 11.5 Å². The molecular formula is C32H43N7O7. The van der Waals surface area contributed by atoms with E-state index >= 15 is 0 Å². The summed E-state index contributed by atoms with van der Waals surface area (Å²) in [6, 6.07) is 6.16. The van der Waals surface area contributed by atoms with Crippen molar-refractivity contribution in [3.63, 3.8) is 0 Å². The third-order valence-electron chi connectivity index (χ3n) is 7.38. The number of aromatic nitrogens is 4. The van der Waals surface area contributed by atoms with Crippen molar-refractivity contribution in [2.45, 2.75) is 72.2 Å². The SMILES string of the molecule is CC=CCn1c(N2CCC[C@H](NC(=O)OC(C)(C)C)C2)nc2c1c(=O)n(CC(=O)c1ccccc1OCC(=O)NCC)c(=O)n2C. The Bertz CT molecular complexity index is 1750. The Morgan fingerprint density at radius 2 is 1.87 bits per heavy atom. The van der Waals surface area contributed by atoms with E-state index in [9.17, 15) is 24.0 Å². The van der Waals surface area contributed by atoms with E-state index in [1.54, 1.807) is 50.5 Å². The molecule has 1 aliphatic rings. The molecule has 2 N–H and O–H groups in total. The molecule has 2 amide bonds. The number of amides is 2. The van der Waals surface area contributed by atoms with Crippen molar-refractivity contribution in [2.75, 3.05) is 31.1 Å². The van der Waals surface area contributed by atoms with E-state index in [0.29, 0.717) is 32.1 Å². The van der Waals surface area contributed by atoms with Crippen molar-refractivity contribution < 1.29 is 23.9 Å². The van der Waals surface area contributed by atoms with Gasteiger partial charge in [-0.3, -0.25) is 23.5 Å². The van der Waals surface area contributed by atoms with Gasteiger partial charge in [-0.05, 0) is 59.6 Å². The highest BCUT2D eigenvalue weighted by Gasteiger charge is 2.29. The number of ketones is 1. The Hall–Kier alpha value is -4.88. The summed E-state index contributed by atoms with van der Waals surface area (Å²) >= 11 is 0. The van der Waals surface area contributed by atoms with Crippen LogP contribution in [-0.2, 0) is 29.7 Å². The van der Waals surface area contributed by atoms with E-state index in [4.69, 9.17) is 14.5 Å². The van der Waals surface area contributed by atoms with E-state index in [0.717, 1.165) is 17.4 Å². The number of carbonyl (C=O) groups is 3. The summed E-state index contributed by atoms with van der Waals surface area (Å²) in [6.45, 7) is 9.99. The third-order valence-corrected chi connectivity index (χ3v) is 7.38. The summed E-state index contributed by atoms with van der Waals surface area (Å²) < 4.78 is 14.9. The summed E-state index contributed by atoms with van der Waals surface area (Å²) in [6.07, 6.45) is 4.71. The molecule has 0 radical (unpaired) electrons. The summed E-state index contributed by atoms with van der Waals surface area (Å²) in [4.78, 5) is 72.1. The standard InChI is InChI=1S/C32H43N7O7/c1-7-9-17-38-26-27(35-29(38)37-16-12-13-21(18-37)34-30(43)46-32(3,4)5)36(6)31(44)39(28(26)42)19-23(40)22-14-10-11-15-24(22)45-20-25(41)33-8-2/h7,9-11,14-15,21H,8,12-13,16-20H2,1-6H3,(H,33,41)(H,34,43)/t21-/m0/s1. The van der Waals surface area contributed by atoms with Crippen LogP contribution in [0.2, 0.25) is 0 Å². The number of Topliss-reactive ketones (excluding diaryl/α,β-unsaturated/α-hetero) is 1. The van der Waals surface area contributed by atoms with Crippen LogP contribution in [0, 0.1) is 0 Å².